The van der Waals surface area contributed by atoms with Crippen LogP contribution in [0.15, 0.2) is 35.7 Å². The number of carbonyl (C=O) groups excluding carboxylic acids is 2. The smallest absolute Gasteiger partial charge is 0.264 e. The Morgan fingerprint density at radius 3 is 2.45 bits per heavy atom. The average Bonchev–Trinajstić information content (AvgIpc) is 3.20. The first-order valence-electron chi connectivity index (χ1n) is 10.1. The van der Waals surface area contributed by atoms with Gasteiger partial charge in [0.25, 0.3) is 11.8 Å². The van der Waals surface area contributed by atoms with Crippen molar-refractivity contribution in [2.45, 2.75) is 25.9 Å². The van der Waals surface area contributed by atoms with Gasteiger partial charge in [0.15, 0.2) is 0 Å². The van der Waals surface area contributed by atoms with E-state index < -0.39 is 0 Å². The highest BCUT2D eigenvalue weighted by Crippen LogP contribution is 2.24. The number of benzene rings is 1. The van der Waals surface area contributed by atoms with Crippen LogP contribution in [0.1, 0.15) is 38.4 Å². The Bertz CT molecular complexity index is 867. The number of piperidine rings is 1. The van der Waals surface area contributed by atoms with Gasteiger partial charge in [0.05, 0.1) is 18.1 Å². The molecule has 0 unspecified atom stereocenters. The molecule has 6 nitrogen and oxygen atoms in total. The second-order valence-electron chi connectivity index (χ2n) is 7.47. The third kappa shape index (κ3) is 4.62. The minimum atomic E-state index is 0.0190. The molecule has 0 bridgehead atoms. The van der Waals surface area contributed by atoms with E-state index in [1.807, 2.05) is 52.4 Å². The summed E-state index contributed by atoms with van der Waals surface area (Å²) in [7, 11) is 0. The largest absolute Gasteiger partial charge is 0.490 e. The number of rotatable bonds is 4. The monoisotopic (exact) mass is 414 g/mol. The zero-order chi connectivity index (χ0) is 20.2. The van der Waals surface area contributed by atoms with Crippen LogP contribution in [0.3, 0.4) is 0 Å². The minimum absolute atomic E-state index is 0.0190. The maximum absolute atomic E-state index is 12.7. The summed E-state index contributed by atoms with van der Waals surface area (Å²) in [5.74, 6) is 0.850. The fourth-order valence-electron chi connectivity index (χ4n) is 3.76. The molecule has 1 aromatic heterocycles. The lowest BCUT2D eigenvalue weighted by Crippen LogP contribution is -2.41. The minimum Gasteiger partial charge on any atom is -0.490 e. The van der Waals surface area contributed by atoms with Crippen molar-refractivity contribution in [1.29, 1.82) is 0 Å². The van der Waals surface area contributed by atoms with Gasteiger partial charge in [-0.2, -0.15) is 0 Å². The maximum Gasteiger partial charge on any atom is 0.264 e. The van der Waals surface area contributed by atoms with Crippen LogP contribution in [0, 0.1) is 6.92 Å². The van der Waals surface area contributed by atoms with Crippen LogP contribution in [0.4, 0.5) is 0 Å². The van der Waals surface area contributed by atoms with Gasteiger partial charge < -0.3 is 19.3 Å². The van der Waals surface area contributed by atoms with Gasteiger partial charge in [0.1, 0.15) is 11.9 Å². The average molecular weight is 415 g/mol. The molecule has 0 saturated carbocycles. The first-order chi connectivity index (χ1) is 14.1. The quantitative estimate of drug-likeness (QED) is 0.771. The van der Waals surface area contributed by atoms with E-state index >= 15 is 0 Å². The lowest BCUT2D eigenvalue weighted by molar-refractivity contribution is 0.0302. The van der Waals surface area contributed by atoms with Crippen molar-refractivity contribution in [2.24, 2.45) is 0 Å². The van der Waals surface area contributed by atoms with Crippen molar-refractivity contribution in [3.63, 3.8) is 0 Å². The Labute approximate surface area is 175 Å². The number of carbonyl (C=O) groups is 2. The Hall–Kier alpha value is -2.38. The van der Waals surface area contributed by atoms with Crippen LogP contribution >= 0.6 is 11.3 Å². The van der Waals surface area contributed by atoms with Crippen molar-refractivity contribution in [2.75, 3.05) is 39.4 Å². The third-order valence-corrected chi connectivity index (χ3v) is 6.47. The summed E-state index contributed by atoms with van der Waals surface area (Å²) in [6, 6.07) is 9.39. The van der Waals surface area contributed by atoms with Crippen LogP contribution in [-0.4, -0.2) is 67.1 Å². The zero-order valence-corrected chi connectivity index (χ0v) is 17.5. The van der Waals surface area contributed by atoms with Gasteiger partial charge in [-0.15, -0.1) is 11.3 Å². The topological polar surface area (TPSA) is 59.1 Å². The molecule has 29 heavy (non-hydrogen) atoms. The number of hydrogen-bond donors (Lipinski definition) is 0. The molecular weight excluding hydrogens is 388 g/mol. The van der Waals surface area contributed by atoms with Crippen LogP contribution < -0.4 is 4.74 Å². The number of aryl methyl sites for hydroxylation is 1. The van der Waals surface area contributed by atoms with E-state index in [0.717, 1.165) is 23.3 Å². The molecule has 154 valence electrons. The van der Waals surface area contributed by atoms with E-state index in [1.54, 1.807) is 0 Å². The summed E-state index contributed by atoms with van der Waals surface area (Å²) in [6.07, 6.45) is 1.63. The van der Waals surface area contributed by atoms with E-state index in [-0.39, 0.29) is 17.9 Å². The number of nitrogens with zero attached hydrogens (tertiary/aromatic N) is 2. The molecule has 1 aromatic carbocycles. The molecule has 2 aliphatic rings. The second-order valence-corrected chi connectivity index (χ2v) is 8.39. The van der Waals surface area contributed by atoms with Crippen molar-refractivity contribution in [3.8, 4) is 5.75 Å². The van der Waals surface area contributed by atoms with Gasteiger partial charge in [-0.25, -0.2) is 0 Å². The standard InChI is InChI=1S/C22H26N2O4S/c1-16-7-14-29-20(16)22(26)23-8-5-18(6-9-23)28-19-4-2-3-17(15-19)21(25)24-10-12-27-13-11-24/h2-4,7,14-15,18H,5-6,8-13H2,1H3. The maximum atomic E-state index is 12.7. The van der Waals surface area contributed by atoms with Gasteiger partial charge in [-0.05, 0) is 42.1 Å². The highest BCUT2D eigenvalue weighted by Gasteiger charge is 2.26. The van der Waals surface area contributed by atoms with Crippen molar-refractivity contribution in [1.82, 2.24) is 9.80 Å². The molecule has 2 amide bonds. The Morgan fingerprint density at radius 2 is 1.76 bits per heavy atom. The fraction of sp³-hybridized carbons (Fsp3) is 0.455. The summed E-state index contributed by atoms with van der Waals surface area (Å²) in [4.78, 5) is 29.9. The number of amides is 2. The number of hydrogen-bond acceptors (Lipinski definition) is 5. The van der Waals surface area contributed by atoms with E-state index in [0.29, 0.717) is 50.7 Å². The number of ether oxygens (including phenoxy) is 2. The molecule has 2 aliphatic heterocycles. The first kappa shape index (κ1) is 19.9. The molecule has 4 rings (SSSR count). The lowest BCUT2D eigenvalue weighted by Gasteiger charge is -2.32. The molecule has 2 saturated heterocycles. The van der Waals surface area contributed by atoms with Gasteiger partial charge in [-0.3, -0.25) is 9.59 Å². The molecule has 0 spiro atoms. The van der Waals surface area contributed by atoms with E-state index in [9.17, 15) is 9.59 Å². The molecule has 0 radical (unpaired) electrons. The summed E-state index contributed by atoms with van der Waals surface area (Å²) < 4.78 is 11.5. The van der Waals surface area contributed by atoms with Crippen LogP contribution in [-0.2, 0) is 4.74 Å². The predicted octanol–water partition coefficient (Wildman–Crippen LogP) is 3.21. The molecule has 7 heteroatoms. The van der Waals surface area contributed by atoms with Crippen molar-refractivity contribution < 1.29 is 19.1 Å². The predicted molar refractivity (Wildman–Crippen MR) is 112 cm³/mol. The second kappa shape index (κ2) is 8.97. The van der Waals surface area contributed by atoms with E-state index in [4.69, 9.17) is 9.47 Å². The zero-order valence-electron chi connectivity index (χ0n) is 16.6. The Balaban J connectivity index is 1.33. The number of morpholine rings is 1. The summed E-state index contributed by atoms with van der Waals surface area (Å²) in [6.45, 7) is 5.78. The molecular formula is C22H26N2O4S. The normalized spacial score (nSPS) is 18.0. The lowest BCUT2D eigenvalue weighted by atomic mass is 10.1. The molecule has 0 aliphatic carbocycles. The molecule has 2 fully saturated rings. The molecule has 3 heterocycles. The van der Waals surface area contributed by atoms with Gasteiger partial charge in [0, 0.05) is 44.6 Å². The summed E-state index contributed by atoms with van der Waals surface area (Å²) in [5, 5.41) is 1.96. The molecule has 0 atom stereocenters. The molecule has 0 N–H and O–H groups in total. The van der Waals surface area contributed by atoms with Crippen LogP contribution in [0.2, 0.25) is 0 Å². The van der Waals surface area contributed by atoms with Crippen LogP contribution in [0.25, 0.3) is 0 Å². The number of likely N-dealkylation sites (tertiary alicyclic amines) is 1. The van der Waals surface area contributed by atoms with Crippen molar-refractivity contribution >= 4 is 23.2 Å². The highest BCUT2D eigenvalue weighted by molar-refractivity contribution is 7.12. The Kier molecular flexibility index (Phi) is 6.16. The fourth-order valence-corrected chi connectivity index (χ4v) is 4.65. The van der Waals surface area contributed by atoms with Gasteiger partial charge in [0.2, 0.25) is 0 Å². The highest BCUT2D eigenvalue weighted by atomic mass is 32.1. The molecule has 2 aromatic rings. The Morgan fingerprint density at radius 1 is 1.03 bits per heavy atom. The van der Waals surface area contributed by atoms with Crippen LogP contribution in [0.5, 0.6) is 5.75 Å². The summed E-state index contributed by atoms with van der Waals surface area (Å²) in [5.41, 5.74) is 1.69. The van der Waals surface area contributed by atoms with Gasteiger partial charge >= 0.3 is 0 Å². The van der Waals surface area contributed by atoms with Gasteiger partial charge in [-0.1, -0.05) is 6.07 Å². The van der Waals surface area contributed by atoms with Crippen molar-refractivity contribution in [3.05, 3.63) is 51.7 Å². The van der Waals surface area contributed by atoms with E-state index in [1.165, 1.54) is 11.3 Å². The van der Waals surface area contributed by atoms with E-state index in [2.05, 4.69) is 0 Å². The first-order valence-corrected chi connectivity index (χ1v) is 11.0. The number of thiophene rings is 1. The summed E-state index contributed by atoms with van der Waals surface area (Å²) >= 11 is 1.50. The third-order valence-electron chi connectivity index (χ3n) is 5.47. The SMILES string of the molecule is Cc1ccsc1C(=O)N1CCC(Oc2cccc(C(=O)N3CCOCC3)c2)CC1.